The molecule has 3 nitrogen and oxygen atoms in total. The van der Waals surface area contributed by atoms with Crippen LogP contribution in [-0.2, 0) is 7.86 Å². The van der Waals surface area contributed by atoms with E-state index in [1.54, 1.807) is 41.2 Å². The highest BCUT2D eigenvalue weighted by Crippen LogP contribution is 2.37. The molecule has 1 N–H and O–H groups in total. The molecule has 2 unspecified atom stereocenters. The molecule has 2 atom stereocenters. The van der Waals surface area contributed by atoms with E-state index in [2.05, 4.69) is 5.32 Å². The maximum atomic E-state index is 11.6. The number of allylic oxidation sites excluding steroid dienone is 2. The van der Waals surface area contributed by atoms with Crippen LogP contribution in [0.4, 0.5) is 5.69 Å². The predicted octanol–water partition coefficient (Wildman–Crippen LogP) is 5.19. The van der Waals surface area contributed by atoms with Crippen molar-refractivity contribution >= 4 is 57.9 Å². The fraction of sp³-hybridized carbons (Fsp3) is 0.267. The summed E-state index contributed by atoms with van der Waals surface area (Å²) in [7, 11) is 0. The van der Waals surface area contributed by atoms with Crippen LogP contribution in [0.3, 0.4) is 0 Å². The third-order valence-electron chi connectivity index (χ3n) is 3.50. The first-order chi connectivity index (χ1) is 9.96. The van der Waals surface area contributed by atoms with Gasteiger partial charge in [-0.05, 0) is 19.1 Å². The monoisotopic (exact) mass is 437 g/mol. The molecule has 0 spiro atoms. The SMILES string of the molecule is CC1(Nc2c(Cl)cccc2Cl)C=CC=CC1CC(=O)OI. The Hall–Kier alpha value is -0.720. The van der Waals surface area contributed by atoms with Gasteiger partial charge in [-0.2, -0.15) is 0 Å². The summed E-state index contributed by atoms with van der Waals surface area (Å²) in [6, 6.07) is 5.34. The average molecular weight is 438 g/mol. The number of halogens is 3. The summed E-state index contributed by atoms with van der Waals surface area (Å²) in [5.41, 5.74) is 0.185. The Morgan fingerprint density at radius 3 is 2.67 bits per heavy atom. The molecular weight excluding hydrogens is 424 g/mol. The molecule has 6 heteroatoms. The lowest BCUT2D eigenvalue weighted by Crippen LogP contribution is -2.42. The van der Waals surface area contributed by atoms with Crippen molar-refractivity contribution in [1.29, 1.82) is 0 Å². The molecule has 1 aliphatic carbocycles. The van der Waals surface area contributed by atoms with Gasteiger partial charge in [0.2, 0.25) is 0 Å². The van der Waals surface area contributed by atoms with E-state index in [0.717, 1.165) is 0 Å². The lowest BCUT2D eigenvalue weighted by molar-refractivity contribution is -0.132. The number of carbonyl (C=O) groups is 1. The largest absolute Gasteiger partial charge is 0.394 e. The molecule has 1 aromatic carbocycles. The van der Waals surface area contributed by atoms with Gasteiger partial charge in [-0.3, -0.25) is 4.79 Å². The van der Waals surface area contributed by atoms with Gasteiger partial charge in [-0.15, -0.1) is 0 Å². The van der Waals surface area contributed by atoms with Crippen LogP contribution in [0.25, 0.3) is 0 Å². The molecule has 0 aliphatic heterocycles. The quantitative estimate of drug-likeness (QED) is 0.658. The molecule has 0 fully saturated rings. The summed E-state index contributed by atoms with van der Waals surface area (Å²) >= 11 is 14.0. The van der Waals surface area contributed by atoms with Crippen LogP contribution in [0.2, 0.25) is 10.0 Å². The zero-order valence-electron chi connectivity index (χ0n) is 11.3. The van der Waals surface area contributed by atoms with Crippen LogP contribution in [-0.4, -0.2) is 11.5 Å². The molecule has 0 amide bonds. The van der Waals surface area contributed by atoms with Crippen LogP contribution in [0.15, 0.2) is 42.5 Å². The van der Waals surface area contributed by atoms with Gasteiger partial charge in [0.15, 0.2) is 23.0 Å². The molecule has 2 rings (SSSR count). The van der Waals surface area contributed by atoms with Crippen molar-refractivity contribution in [2.45, 2.75) is 18.9 Å². The van der Waals surface area contributed by atoms with Gasteiger partial charge in [-0.25, -0.2) is 0 Å². The van der Waals surface area contributed by atoms with Crippen molar-refractivity contribution in [2.75, 3.05) is 5.32 Å². The zero-order valence-corrected chi connectivity index (χ0v) is 14.9. The van der Waals surface area contributed by atoms with Crippen LogP contribution < -0.4 is 5.32 Å². The normalized spacial score (nSPS) is 23.9. The fourth-order valence-corrected chi connectivity index (χ4v) is 2.96. The minimum atomic E-state index is -0.478. The number of para-hydroxylation sites is 1. The molecule has 0 bridgehead atoms. The van der Waals surface area contributed by atoms with Crippen molar-refractivity contribution in [3.05, 3.63) is 52.5 Å². The first-order valence-corrected chi connectivity index (χ1v) is 7.99. The van der Waals surface area contributed by atoms with Crippen LogP contribution >= 0.6 is 46.2 Å². The summed E-state index contributed by atoms with van der Waals surface area (Å²) in [6.07, 6.45) is 8.10. The van der Waals surface area contributed by atoms with E-state index in [1.807, 2.05) is 31.2 Å². The number of anilines is 1. The van der Waals surface area contributed by atoms with E-state index in [0.29, 0.717) is 15.7 Å². The minimum absolute atomic E-state index is 0.0582. The van der Waals surface area contributed by atoms with Crippen molar-refractivity contribution in [1.82, 2.24) is 0 Å². The van der Waals surface area contributed by atoms with Gasteiger partial charge >= 0.3 is 5.97 Å². The molecule has 1 aliphatic rings. The maximum absolute atomic E-state index is 11.6. The number of hydrogen-bond donors (Lipinski definition) is 1. The lowest BCUT2D eigenvalue weighted by atomic mass is 9.80. The second-order valence-corrected chi connectivity index (χ2v) is 6.26. The van der Waals surface area contributed by atoms with Crippen LogP contribution in [0, 0.1) is 5.92 Å². The van der Waals surface area contributed by atoms with Crippen molar-refractivity contribution in [3.8, 4) is 0 Å². The number of nitrogens with one attached hydrogen (secondary N) is 1. The standard InChI is InChI=1S/C15H14Cl2INO2/c1-15(19-14-11(16)6-4-7-12(14)17)8-3-2-5-10(15)9-13(20)21-18/h2-8,10,19H,9H2,1H3. The maximum Gasteiger partial charge on any atom is 0.315 e. The fourth-order valence-electron chi connectivity index (χ4n) is 2.29. The molecule has 21 heavy (non-hydrogen) atoms. The minimum Gasteiger partial charge on any atom is -0.394 e. The van der Waals surface area contributed by atoms with E-state index in [1.165, 1.54) is 0 Å². The zero-order chi connectivity index (χ0) is 15.5. The van der Waals surface area contributed by atoms with Crippen LogP contribution in [0.5, 0.6) is 0 Å². The number of benzene rings is 1. The van der Waals surface area contributed by atoms with Crippen LogP contribution in [0.1, 0.15) is 13.3 Å². The van der Waals surface area contributed by atoms with Gasteiger partial charge < -0.3 is 8.38 Å². The average Bonchev–Trinajstić information content (AvgIpc) is 2.46. The first kappa shape index (κ1) is 16.6. The van der Waals surface area contributed by atoms with E-state index < -0.39 is 5.54 Å². The summed E-state index contributed by atoms with van der Waals surface area (Å²) in [4.78, 5) is 11.6. The smallest absolute Gasteiger partial charge is 0.315 e. The van der Waals surface area contributed by atoms with Crippen molar-refractivity contribution < 1.29 is 7.86 Å². The molecule has 1 aromatic rings. The van der Waals surface area contributed by atoms with Gasteiger partial charge in [-0.1, -0.05) is 53.6 Å². The molecule has 0 radical (unpaired) electrons. The molecule has 0 heterocycles. The van der Waals surface area contributed by atoms with Gasteiger partial charge in [0.05, 0.1) is 27.7 Å². The second kappa shape index (κ2) is 7.03. The van der Waals surface area contributed by atoms with Gasteiger partial charge in [0.1, 0.15) is 0 Å². The Kier molecular flexibility index (Phi) is 5.57. The van der Waals surface area contributed by atoms with E-state index >= 15 is 0 Å². The molecule has 112 valence electrons. The van der Waals surface area contributed by atoms with Gasteiger partial charge in [0, 0.05) is 5.92 Å². The third kappa shape index (κ3) is 3.93. The van der Waals surface area contributed by atoms with Crippen molar-refractivity contribution in [3.63, 3.8) is 0 Å². The molecule has 0 saturated carbocycles. The topological polar surface area (TPSA) is 38.3 Å². The highest BCUT2D eigenvalue weighted by Gasteiger charge is 2.34. The Labute approximate surface area is 148 Å². The van der Waals surface area contributed by atoms with Gasteiger partial charge in [0.25, 0.3) is 0 Å². The summed E-state index contributed by atoms with van der Waals surface area (Å²) in [5.74, 6) is -0.323. The lowest BCUT2D eigenvalue weighted by Gasteiger charge is -2.37. The summed E-state index contributed by atoms with van der Waals surface area (Å²) in [6.45, 7) is 2.00. The third-order valence-corrected chi connectivity index (χ3v) is 4.62. The Morgan fingerprint density at radius 1 is 1.38 bits per heavy atom. The second-order valence-electron chi connectivity index (χ2n) is 5.01. The highest BCUT2D eigenvalue weighted by atomic mass is 127. The predicted molar refractivity (Wildman–Crippen MR) is 95.0 cm³/mol. The van der Waals surface area contributed by atoms with Crippen molar-refractivity contribution in [2.24, 2.45) is 5.92 Å². The van der Waals surface area contributed by atoms with E-state index in [4.69, 9.17) is 26.3 Å². The molecule has 0 saturated heterocycles. The number of rotatable bonds is 4. The Bertz CT molecular complexity index is 583. The summed E-state index contributed by atoms with van der Waals surface area (Å²) < 4.78 is 4.74. The highest BCUT2D eigenvalue weighted by molar-refractivity contribution is 14.1. The molecular formula is C15H14Cl2INO2. The van der Waals surface area contributed by atoms with E-state index in [9.17, 15) is 4.79 Å². The van der Waals surface area contributed by atoms with E-state index in [-0.39, 0.29) is 18.3 Å². The number of hydrogen-bond acceptors (Lipinski definition) is 3. The summed E-state index contributed by atoms with van der Waals surface area (Å²) in [5, 5.41) is 4.45. The molecule has 0 aromatic heterocycles. The Morgan fingerprint density at radius 2 is 2.05 bits per heavy atom. The Balaban J connectivity index is 2.28. The first-order valence-electron chi connectivity index (χ1n) is 6.36. The number of carbonyl (C=O) groups excluding carboxylic acids is 1.